The van der Waals surface area contributed by atoms with Gasteiger partial charge in [0.15, 0.2) is 0 Å². The molecule has 2 heteroatoms. The van der Waals surface area contributed by atoms with E-state index in [4.69, 9.17) is 0 Å². The largest absolute Gasteiger partial charge is 0.329 e. The first-order valence-electron chi connectivity index (χ1n) is 3.07. The van der Waals surface area contributed by atoms with Crippen LogP contribution < -0.4 is 5.43 Å². The minimum Gasteiger partial charge on any atom is -0.329 e. The van der Waals surface area contributed by atoms with Crippen LogP contribution in [0.4, 0.5) is 0 Å². The van der Waals surface area contributed by atoms with Crippen LogP contribution in [0, 0.1) is 13.8 Å². The zero-order chi connectivity index (χ0) is 6.85. The standard InChI is InChI=1S/C7H12N2/c1-6-4-7(2)9(5-6)8-3/h4-5,8H,1-3H3. The minimum atomic E-state index is 1.25. The van der Waals surface area contributed by atoms with E-state index in [0.29, 0.717) is 0 Å². The Morgan fingerprint density at radius 2 is 2.11 bits per heavy atom. The molecule has 0 aliphatic rings. The lowest BCUT2D eigenvalue weighted by Crippen LogP contribution is -2.07. The number of nitrogens with zero attached hydrogens (tertiary/aromatic N) is 1. The van der Waals surface area contributed by atoms with Crippen LogP contribution in [0.25, 0.3) is 0 Å². The molecule has 50 valence electrons. The molecule has 0 aliphatic heterocycles. The molecule has 0 saturated heterocycles. The number of hydrogen-bond acceptors (Lipinski definition) is 1. The maximum Gasteiger partial charge on any atom is 0.0365 e. The first-order chi connectivity index (χ1) is 4.24. The Morgan fingerprint density at radius 1 is 1.44 bits per heavy atom. The molecule has 0 fully saturated rings. The summed E-state index contributed by atoms with van der Waals surface area (Å²) < 4.78 is 2.00. The second-order valence-electron chi connectivity index (χ2n) is 2.25. The molecule has 0 aromatic carbocycles. The Kier molecular flexibility index (Phi) is 1.47. The molecule has 2 nitrogen and oxygen atoms in total. The Labute approximate surface area is 55.5 Å². The van der Waals surface area contributed by atoms with Gasteiger partial charge in [-0.1, -0.05) is 0 Å². The molecule has 1 N–H and O–H groups in total. The Balaban J connectivity index is 3.01. The minimum absolute atomic E-state index is 1.25. The molecule has 0 bridgehead atoms. The number of hydrogen-bond donors (Lipinski definition) is 1. The third kappa shape index (κ3) is 1.07. The highest BCUT2D eigenvalue weighted by atomic mass is 15.4. The van der Waals surface area contributed by atoms with Gasteiger partial charge >= 0.3 is 0 Å². The molecule has 0 radical (unpaired) electrons. The summed E-state index contributed by atoms with van der Waals surface area (Å²) in [4.78, 5) is 0. The van der Waals surface area contributed by atoms with Crippen LogP contribution in [0.3, 0.4) is 0 Å². The fraction of sp³-hybridized carbons (Fsp3) is 0.429. The first-order valence-corrected chi connectivity index (χ1v) is 3.07. The van der Waals surface area contributed by atoms with Crippen LogP contribution in [0.15, 0.2) is 12.3 Å². The van der Waals surface area contributed by atoms with Crippen molar-refractivity contribution in [2.45, 2.75) is 13.8 Å². The monoisotopic (exact) mass is 124 g/mol. The quantitative estimate of drug-likeness (QED) is 0.596. The van der Waals surface area contributed by atoms with Crippen molar-refractivity contribution in [1.82, 2.24) is 4.68 Å². The van der Waals surface area contributed by atoms with Gasteiger partial charge in [-0.25, -0.2) is 0 Å². The third-order valence-electron chi connectivity index (χ3n) is 1.39. The van der Waals surface area contributed by atoms with Gasteiger partial charge in [0.2, 0.25) is 0 Å². The van der Waals surface area contributed by atoms with Gasteiger partial charge in [0.25, 0.3) is 0 Å². The molecule has 0 spiro atoms. The second-order valence-corrected chi connectivity index (χ2v) is 2.25. The van der Waals surface area contributed by atoms with Crippen LogP contribution in [0.1, 0.15) is 11.3 Å². The number of nitrogens with one attached hydrogen (secondary N) is 1. The van der Waals surface area contributed by atoms with Gasteiger partial charge in [-0.05, 0) is 25.5 Å². The van der Waals surface area contributed by atoms with E-state index >= 15 is 0 Å². The van der Waals surface area contributed by atoms with Crippen molar-refractivity contribution in [2.24, 2.45) is 0 Å². The fourth-order valence-electron chi connectivity index (χ4n) is 0.983. The lowest BCUT2D eigenvalue weighted by Gasteiger charge is -2.01. The average Bonchev–Trinajstić information content (AvgIpc) is 2.10. The van der Waals surface area contributed by atoms with Crippen molar-refractivity contribution < 1.29 is 0 Å². The van der Waals surface area contributed by atoms with Gasteiger partial charge in [0.05, 0.1) is 0 Å². The molecule has 0 aliphatic carbocycles. The van der Waals surface area contributed by atoms with E-state index in [1.807, 2.05) is 11.7 Å². The zero-order valence-electron chi connectivity index (χ0n) is 6.10. The molecule has 9 heavy (non-hydrogen) atoms. The lowest BCUT2D eigenvalue weighted by molar-refractivity contribution is 0.892. The summed E-state index contributed by atoms with van der Waals surface area (Å²) in [6.07, 6.45) is 2.06. The van der Waals surface area contributed by atoms with E-state index in [1.165, 1.54) is 11.3 Å². The smallest absolute Gasteiger partial charge is 0.0365 e. The fourth-order valence-corrected chi connectivity index (χ4v) is 0.983. The molecule has 0 unspecified atom stereocenters. The van der Waals surface area contributed by atoms with Gasteiger partial charge in [-0.3, -0.25) is 4.68 Å². The van der Waals surface area contributed by atoms with Crippen LogP contribution >= 0.6 is 0 Å². The van der Waals surface area contributed by atoms with Crippen LogP contribution in [0.5, 0.6) is 0 Å². The van der Waals surface area contributed by atoms with Crippen molar-refractivity contribution in [2.75, 3.05) is 12.5 Å². The molecule has 0 amide bonds. The first kappa shape index (κ1) is 6.20. The maximum absolute atomic E-state index is 3.03. The van der Waals surface area contributed by atoms with E-state index < -0.39 is 0 Å². The van der Waals surface area contributed by atoms with Gasteiger partial charge in [-0.2, -0.15) is 0 Å². The predicted molar refractivity (Wildman–Crippen MR) is 39.2 cm³/mol. The molecular formula is C7H12N2. The molecule has 1 rings (SSSR count). The van der Waals surface area contributed by atoms with Crippen molar-refractivity contribution in [1.29, 1.82) is 0 Å². The van der Waals surface area contributed by atoms with Crippen LogP contribution in [-0.2, 0) is 0 Å². The summed E-state index contributed by atoms with van der Waals surface area (Å²) in [5, 5.41) is 0. The summed E-state index contributed by atoms with van der Waals surface area (Å²) in [5.74, 6) is 0. The van der Waals surface area contributed by atoms with Gasteiger partial charge in [-0.15, -0.1) is 0 Å². The van der Waals surface area contributed by atoms with Gasteiger partial charge in [0.1, 0.15) is 0 Å². The summed E-state index contributed by atoms with van der Waals surface area (Å²) in [7, 11) is 1.91. The molecule has 0 saturated carbocycles. The highest BCUT2D eigenvalue weighted by molar-refractivity contribution is 5.16. The zero-order valence-corrected chi connectivity index (χ0v) is 6.10. The van der Waals surface area contributed by atoms with E-state index in [2.05, 4.69) is 31.5 Å². The molecular weight excluding hydrogens is 112 g/mol. The number of rotatable bonds is 1. The van der Waals surface area contributed by atoms with Crippen molar-refractivity contribution in [3.05, 3.63) is 23.5 Å². The van der Waals surface area contributed by atoms with E-state index in [1.54, 1.807) is 0 Å². The topological polar surface area (TPSA) is 17.0 Å². The molecule has 1 aromatic heterocycles. The summed E-state index contributed by atoms with van der Waals surface area (Å²) >= 11 is 0. The van der Waals surface area contributed by atoms with Crippen molar-refractivity contribution >= 4 is 0 Å². The van der Waals surface area contributed by atoms with Gasteiger partial charge < -0.3 is 5.43 Å². The van der Waals surface area contributed by atoms with Crippen molar-refractivity contribution in [3.8, 4) is 0 Å². The van der Waals surface area contributed by atoms with Gasteiger partial charge in [0, 0.05) is 18.9 Å². The summed E-state index contributed by atoms with van der Waals surface area (Å²) in [6.45, 7) is 4.16. The third-order valence-corrected chi connectivity index (χ3v) is 1.39. The second kappa shape index (κ2) is 2.13. The average molecular weight is 124 g/mol. The van der Waals surface area contributed by atoms with E-state index in [0.717, 1.165) is 0 Å². The molecule has 1 heterocycles. The van der Waals surface area contributed by atoms with Crippen LogP contribution in [0.2, 0.25) is 0 Å². The van der Waals surface area contributed by atoms with Crippen molar-refractivity contribution in [3.63, 3.8) is 0 Å². The normalized spacial score (nSPS) is 9.67. The molecule has 1 aromatic rings. The number of aryl methyl sites for hydroxylation is 2. The SMILES string of the molecule is CNn1cc(C)cc1C. The lowest BCUT2D eigenvalue weighted by atomic mass is 10.4. The van der Waals surface area contributed by atoms with E-state index in [-0.39, 0.29) is 0 Å². The Hall–Kier alpha value is -0.920. The Bertz CT molecular complexity index is 201. The molecule has 0 atom stereocenters. The van der Waals surface area contributed by atoms with E-state index in [9.17, 15) is 0 Å². The highest BCUT2D eigenvalue weighted by Crippen LogP contribution is 2.02. The predicted octanol–water partition coefficient (Wildman–Crippen LogP) is 1.28. The maximum atomic E-state index is 3.03. The van der Waals surface area contributed by atoms with Crippen LogP contribution in [-0.4, -0.2) is 11.7 Å². The number of aromatic nitrogens is 1. The highest BCUT2D eigenvalue weighted by Gasteiger charge is 1.93. The summed E-state index contributed by atoms with van der Waals surface area (Å²) in [6, 6.07) is 2.14. The Morgan fingerprint density at radius 3 is 2.33 bits per heavy atom. The summed E-state index contributed by atoms with van der Waals surface area (Å²) in [5.41, 5.74) is 5.57.